The summed E-state index contributed by atoms with van der Waals surface area (Å²) in [6.07, 6.45) is 3.54. The van der Waals surface area contributed by atoms with Crippen LogP contribution in [-0.4, -0.2) is 27.2 Å². The van der Waals surface area contributed by atoms with Gasteiger partial charge in [0.05, 0.1) is 5.41 Å². The van der Waals surface area contributed by atoms with Crippen LogP contribution in [0.2, 0.25) is 0 Å². The van der Waals surface area contributed by atoms with E-state index in [2.05, 4.69) is 15.5 Å². The highest BCUT2D eigenvalue weighted by molar-refractivity contribution is 7.71. The summed E-state index contributed by atoms with van der Waals surface area (Å²) in [4.78, 5) is 12.9. The number of H-pyrrole nitrogens is 1. The van der Waals surface area contributed by atoms with E-state index < -0.39 is 17.0 Å². The van der Waals surface area contributed by atoms with Crippen LogP contribution in [0, 0.1) is 16.4 Å². The maximum Gasteiger partial charge on any atom is 0.230 e. The van der Waals surface area contributed by atoms with Crippen molar-refractivity contribution in [1.29, 1.82) is 0 Å². The molecule has 0 bridgehead atoms. The van der Waals surface area contributed by atoms with Crippen LogP contribution in [0.5, 0.6) is 0 Å². The van der Waals surface area contributed by atoms with Crippen molar-refractivity contribution in [3.63, 3.8) is 0 Å². The fraction of sp³-hybridized carbons (Fsp3) is 0.500. The molecule has 1 aromatic carbocycles. The lowest BCUT2D eigenvalue weighted by Crippen LogP contribution is -2.44. The predicted molar refractivity (Wildman–Crippen MR) is 96.3 cm³/mol. The minimum atomic E-state index is -0.927. The molecule has 1 aromatic heterocycles. The number of hydrogen-bond acceptors (Lipinski definition) is 3. The maximum absolute atomic E-state index is 14.4. The van der Waals surface area contributed by atoms with Gasteiger partial charge in [-0.1, -0.05) is 25.8 Å². The maximum atomic E-state index is 14.4. The molecule has 0 saturated heterocycles. The van der Waals surface area contributed by atoms with Crippen molar-refractivity contribution in [1.82, 2.24) is 20.1 Å². The minimum Gasteiger partial charge on any atom is -0.354 e. The van der Waals surface area contributed by atoms with Gasteiger partial charge in [-0.15, -0.1) is 0 Å². The molecular formula is C18H22F2N4OS. The zero-order valence-electron chi connectivity index (χ0n) is 14.6. The van der Waals surface area contributed by atoms with Gasteiger partial charge in [0.1, 0.15) is 17.5 Å². The summed E-state index contributed by atoms with van der Waals surface area (Å²) >= 11 is 5.20. The SMILES string of the molecule is CCc1n[nH]c(=S)n1CCNC(=O)C1(c2ccc(F)cc2F)CCCC1. The molecule has 5 nitrogen and oxygen atoms in total. The van der Waals surface area contributed by atoms with Crippen LogP contribution < -0.4 is 5.32 Å². The summed E-state index contributed by atoms with van der Waals surface area (Å²) < 4.78 is 30.0. The van der Waals surface area contributed by atoms with E-state index in [0.29, 0.717) is 30.7 Å². The number of nitrogens with zero attached hydrogens (tertiary/aromatic N) is 2. The van der Waals surface area contributed by atoms with E-state index in [0.717, 1.165) is 31.2 Å². The molecule has 1 heterocycles. The third-order valence-electron chi connectivity index (χ3n) is 5.11. The van der Waals surface area contributed by atoms with E-state index in [1.807, 2.05) is 11.5 Å². The Bertz CT molecular complexity index is 855. The molecule has 3 rings (SSSR count). The van der Waals surface area contributed by atoms with Crippen molar-refractivity contribution >= 4 is 18.1 Å². The summed E-state index contributed by atoms with van der Waals surface area (Å²) in [6.45, 7) is 2.83. The molecule has 0 radical (unpaired) electrons. The molecule has 8 heteroatoms. The number of amides is 1. The monoisotopic (exact) mass is 380 g/mol. The van der Waals surface area contributed by atoms with Crippen LogP contribution in [0.1, 0.15) is 44.0 Å². The van der Waals surface area contributed by atoms with Gasteiger partial charge < -0.3 is 9.88 Å². The van der Waals surface area contributed by atoms with Crippen molar-refractivity contribution in [2.75, 3.05) is 6.54 Å². The average Bonchev–Trinajstić information content (AvgIpc) is 3.23. The highest BCUT2D eigenvalue weighted by Crippen LogP contribution is 2.42. The van der Waals surface area contributed by atoms with Crippen LogP contribution in [0.15, 0.2) is 18.2 Å². The first-order valence-electron chi connectivity index (χ1n) is 8.86. The van der Waals surface area contributed by atoms with E-state index in [1.54, 1.807) is 0 Å². The average molecular weight is 380 g/mol. The van der Waals surface area contributed by atoms with Crippen LogP contribution in [0.3, 0.4) is 0 Å². The Hall–Kier alpha value is -2.09. The molecule has 1 fully saturated rings. The molecule has 1 amide bonds. The van der Waals surface area contributed by atoms with E-state index in [9.17, 15) is 13.6 Å². The molecule has 140 valence electrons. The number of nitrogens with one attached hydrogen (secondary N) is 2. The van der Waals surface area contributed by atoms with Crippen molar-refractivity contribution in [2.45, 2.75) is 51.0 Å². The zero-order valence-corrected chi connectivity index (χ0v) is 15.5. The standard InChI is InChI=1S/C18H22F2N4OS/c1-2-15-22-23-17(26)24(15)10-9-21-16(25)18(7-3-4-8-18)13-6-5-12(19)11-14(13)20/h5-6,11H,2-4,7-10H2,1H3,(H,21,25)(H,23,26). The number of carbonyl (C=O) groups excluding carboxylic acids is 1. The van der Waals surface area contributed by atoms with E-state index in [-0.39, 0.29) is 11.5 Å². The lowest BCUT2D eigenvalue weighted by Gasteiger charge is -2.28. The number of aryl methyl sites for hydroxylation is 1. The van der Waals surface area contributed by atoms with E-state index >= 15 is 0 Å². The predicted octanol–water partition coefficient (Wildman–Crippen LogP) is 3.41. The van der Waals surface area contributed by atoms with Gasteiger partial charge in [-0.2, -0.15) is 5.10 Å². The van der Waals surface area contributed by atoms with Gasteiger partial charge in [-0.3, -0.25) is 9.89 Å². The van der Waals surface area contributed by atoms with Crippen LogP contribution >= 0.6 is 12.2 Å². The highest BCUT2D eigenvalue weighted by Gasteiger charge is 2.44. The van der Waals surface area contributed by atoms with Crippen molar-refractivity contribution in [2.24, 2.45) is 0 Å². The topological polar surface area (TPSA) is 62.7 Å². The highest BCUT2D eigenvalue weighted by atomic mass is 32.1. The second-order valence-corrected chi connectivity index (χ2v) is 7.01. The molecule has 2 aromatic rings. The molecule has 0 aliphatic heterocycles. The van der Waals surface area contributed by atoms with Crippen LogP contribution in [0.4, 0.5) is 8.78 Å². The smallest absolute Gasteiger partial charge is 0.230 e. The fourth-order valence-corrected chi connectivity index (χ4v) is 4.02. The zero-order chi connectivity index (χ0) is 18.7. The van der Waals surface area contributed by atoms with Crippen molar-refractivity contribution < 1.29 is 13.6 Å². The first kappa shape index (κ1) is 18.7. The normalized spacial score (nSPS) is 16.0. The van der Waals surface area contributed by atoms with E-state index in [1.165, 1.54) is 12.1 Å². The Morgan fingerprint density at radius 3 is 2.77 bits per heavy atom. The summed E-state index contributed by atoms with van der Waals surface area (Å²) in [6, 6.07) is 3.46. The second kappa shape index (κ2) is 7.65. The van der Waals surface area contributed by atoms with Gasteiger partial charge >= 0.3 is 0 Å². The molecule has 0 spiro atoms. The summed E-state index contributed by atoms with van der Waals surface area (Å²) in [7, 11) is 0. The number of benzene rings is 1. The number of aromatic nitrogens is 3. The molecule has 26 heavy (non-hydrogen) atoms. The molecular weight excluding hydrogens is 358 g/mol. The third-order valence-corrected chi connectivity index (χ3v) is 5.42. The Balaban J connectivity index is 1.75. The Labute approximate surface area is 155 Å². The molecule has 0 unspecified atom stereocenters. The Morgan fingerprint density at radius 1 is 1.38 bits per heavy atom. The van der Waals surface area contributed by atoms with Gasteiger partial charge in [0.25, 0.3) is 0 Å². The fourth-order valence-electron chi connectivity index (χ4n) is 3.78. The number of halogens is 2. The molecule has 1 aliphatic carbocycles. The van der Waals surface area contributed by atoms with Crippen molar-refractivity contribution in [3.05, 3.63) is 46.0 Å². The Morgan fingerprint density at radius 2 is 2.12 bits per heavy atom. The molecule has 1 saturated carbocycles. The quantitative estimate of drug-likeness (QED) is 0.755. The first-order valence-corrected chi connectivity index (χ1v) is 9.26. The lowest BCUT2D eigenvalue weighted by molar-refractivity contribution is -0.126. The van der Waals surface area contributed by atoms with Crippen molar-refractivity contribution in [3.8, 4) is 0 Å². The number of aromatic amines is 1. The number of hydrogen-bond donors (Lipinski definition) is 2. The molecule has 1 aliphatic rings. The Kier molecular flexibility index (Phi) is 5.50. The van der Waals surface area contributed by atoms with Gasteiger partial charge in [-0.25, -0.2) is 8.78 Å². The summed E-state index contributed by atoms with van der Waals surface area (Å²) in [5.41, 5.74) is -0.647. The van der Waals surface area contributed by atoms with Crippen LogP contribution in [-0.2, 0) is 23.2 Å². The minimum absolute atomic E-state index is 0.214. The van der Waals surface area contributed by atoms with E-state index in [4.69, 9.17) is 12.2 Å². The van der Waals surface area contributed by atoms with Crippen LogP contribution in [0.25, 0.3) is 0 Å². The van der Waals surface area contributed by atoms with Gasteiger partial charge in [0, 0.05) is 31.1 Å². The molecule has 2 N–H and O–H groups in total. The second-order valence-electron chi connectivity index (χ2n) is 6.62. The van der Waals surface area contributed by atoms with Gasteiger partial charge in [-0.05, 0) is 31.1 Å². The first-order chi connectivity index (χ1) is 12.5. The van der Waals surface area contributed by atoms with Gasteiger partial charge in [0.2, 0.25) is 5.91 Å². The lowest BCUT2D eigenvalue weighted by atomic mass is 9.77. The molecule has 0 atom stereocenters. The summed E-state index contributed by atoms with van der Waals surface area (Å²) in [5, 5.41) is 9.80. The number of rotatable bonds is 6. The third kappa shape index (κ3) is 3.42. The summed E-state index contributed by atoms with van der Waals surface area (Å²) in [5.74, 6) is -0.688. The van der Waals surface area contributed by atoms with Gasteiger partial charge in [0.15, 0.2) is 4.77 Å². The number of carbonyl (C=O) groups is 1. The largest absolute Gasteiger partial charge is 0.354 e.